The second kappa shape index (κ2) is 9.54. The predicted octanol–water partition coefficient (Wildman–Crippen LogP) is 5.04. The first kappa shape index (κ1) is 25.4. The minimum atomic E-state index is -5.34. The van der Waals surface area contributed by atoms with Gasteiger partial charge in [0.05, 0.1) is 17.2 Å². The van der Waals surface area contributed by atoms with E-state index in [0.29, 0.717) is 12.8 Å². The summed E-state index contributed by atoms with van der Waals surface area (Å²) in [6.45, 7) is 2.50. The molecule has 1 heterocycles. The van der Waals surface area contributed by atoms with E-state index < -0.39 is 41.1 Å². The van der Waals surface area contributed by atoms with Crippen LogP contribution in [0.2, 0.25) is 10.0 Å². The van der Waals surface area contributed by atoms with Gasteiger partial charge in [0, 0.05) is 16.8 Å². The normalized spacial score (nSPS) is 22.0. The van der Waals surface area contributed by atoms with Crippen molar-refractivity contribution in [2.45, 2.75) is 63.7 Å². The number of nitrogens with zero attached hydrogens (tertiary/aromatic N) is 1. The van der Waals surface area contributed by atoms with E-state index in [1.807, 2.05) is 0 Å². The van der Waals surface area contributed by atoms with E-state index in [1.165, 1.54) is 26.0 Å². The number of carbonyl (C=O) groups excluding carboxylic acids is 3. The molecule has 2 amide bonds. The van der Waals surface area contributed by atoms with Crippen LogP contribution in [-0.4, -0.2) is 47.0 Å². The van der Waals surface area contributed by atoms with Crippen LogP contribution >= 0.6 is 23.2 Å². The Balaban J connectivity index is 2.16. The van der Waals surface area contributed by atoms with Crippen LogP contribution in [-0.2, 0) is 14.3 Å². The highest BCUT2D eigenvalue weighted by atomic mass is 35.5. The van der Waals surface area contributed by atoms with Gasteiger partial charge in [-0.3, -0.25) is 9.59 Å². The first-order valence-electron chi connectivity index (χ1n) is 10.5. The first-order chi connectivity index (χ1) is 15.5. The van der Waals surface area contributed by atoms with Crippen molar-refractivity contribution in [1.82, 2.24) is 10.2 Å². The zero-order chi connectivity index (χ0) is 24.6. The number of ether oxygens (including phenoxy) is 1. The van der Waals surface area contributed by atoms with E-state index in [0.717, 1.165) is 30.2 Å². The zero-order valence-electron chi connectivity index (χ0n) is 18.0. The number of amides is 2. The molecule has 1 fully saturated rings. The number of hydrogen-bond acceptors (Lipinski definition) is 4. The SMILES string of the molecule is CCOC(=O)C1=C(C)N(C2CCCCC2)C(=O)[C@@]1(NC(=O)c1ccc(Cl)cc1Cl)C(F)(F)F. The van der Waals surface area contributed by atoms with Gasteiger partial charge < -0.3 is 15.0 Å². The molecular weight excluding hydrogens is 484 g/mol. The summed E-state index contributed by atoms with van der Waals surface area (Å²) in [5, 5.41) is 1.77. The lowest BCUT2D eigenvalue weighted by molar-refractivity contribution is -0.193. The summed E-state index contributed by atoms with van der Waals surface area (Å²) in [7, 11) is 0. The van der Waals surface area contributed by atoms with Gasteiger partial charge >= 0.3 is 12.1 Å². The minimum Gasteiger partial charge on any atom is -0.462 e. The number of carbonyl (C=O) groups is 3. The Morgan fingerprint density at radius 1 is 1.21 bits per heavy atom. The van der Waals surface area contributed by atoms with E-state index in [-0.39, 0.29) is 27.9 Å². The molecule has 3 rings (SSSR count). The maximum absolute atomic E-state index is 14.7. The van der Waals surface area contributed by atoms with Crippen molar-refractivity contribution in [2.24, 2.45) is 0 Å². The Kier molecular flexibility index (Phi) is 7.33. The number of hydrogen-bond donors (Lipinski definition) is 1. The van der Waals surface area contributed by atoms with Crippen LogP contribution in [0.25, 0.3) is 0 Å². The number of halogens is 5. The molecule has 1 aromatic rings. The number of benzene rings is 1. The van der Waals surface area contributed by atoms with Crippen LogP contribution in [0.1, 0.15) is 56.3 Å². The standard InChI is InChI=1S/C22H23Cl2F3N2O4/c1-3-33-19(31)17-12(2)29(14-7-5-4-6-8-14)20(32)21(17,22(25,26)27)28-18(30)15-10-9-13(23)11-16(15)24/h9-11,14H,3-8H2,1-2H3,(H,28,30)/t21-/m1/s1. The van der Waals surface area contributed by atoms with Gasteiger partial charge in [-0.15, -0.1) is 0 Å². The van der Waals surface area contributed by atoms with E-state index >= 15 is 0 Å². The lowest BCUT2D eigenvalue weighted by Gasteiger charge is -2.36. The molecule has 180 valence electrons. The van der Waals surface area contributed by atoms with Gasteiger partial charge in [0.25, 0.3) is 17.4 Å². The summed E-state index contributed by atoms with van der Waals surface area (Å²) in [4.78, 5) is 40.2. The average molecular weight is 507 g/mol. The summed E-state index contributed by atoms with van der Waals surface area (Å²) in [6, 6.07) is 3.09. The molecule has 0 radical (unpaired) electrons. The van der Waals surface area contributed by atoms with Gasteiger partial charge in [-0.05, 0) is 44.9 Å². The summed E-state index contributed by atoms with van der Waals surface area (Å²) < 4.78 is 49.0. The molecule has 0 aromatic heterocycles. The Morgan fingerprint density at radius 3 is 2.39 bits per heavy atom. The highest BCUT2D eigenvalue weighted by Crippen LogP contribution is 2.47. The van der Waals surface area contributed by atoms with Crippen LogP contribution in [0, 0.1) is 0 Å². The van der Waals surface area contributed by atoms with Crippen molar-refractivity contribution in [2.75, 3.05) is 6.61 Å². The summed E-state index contributed by atoms with van der Waals surface area (Å²) in [5.41, 5.74) is -5.05. The number of esters is 1. The largest absolute Gasteiger partial charge is 0.462 e. The lowest BCUT2D eigenvalue weighted by atomic mass is 9.88. The Morgan fingerprint density at radius 2 is 1.85 bits per heavy atom. The van der Waals surface area contributed by atoms with Crippen molar-refractivity contribution in [3.8, 4) is 0 Å². The van der Waals surface area contributed by atoms with Crippen molar-refractivity contribution < 1.29 is 32.3 Å². The van der Waals surface area contributed by atoms with E-state index in [4.69, 9.17) is 27.9 Å². The average Bonchev–Trinajstić information content (AvgIpc) is 2.95. The van der Waals surface area contributed by atoms with E-state index in [9.17, 15) is 27.6 Å². The summed E-state index contributed by atoms with van der Waals surface area (Å²) in [6.07, 6.45) is -1.98. The predicted molar refractivity (Wildman–Crippen MR) is 116 cm³/mol. The van der Waals surface area contributed by atoms with Crippen LogP contribution in [0.4, 0.5) is 13.2 Å². The molecule has 1 N–H and O–H groups in total. The maximum Gasteiger partial charge on any atom is 0.425 e. The molecule has 11 heteroatoms. The van der Waals surface area contributed by atoms with Crippen LogP contribution in [0.15, 0.2) is 29.5 Å². The highest BCUT2D eigenvalue weighted by Gasteiger charge is 2.71. The van der Waals surface area contributed by atoms with Crippen LogP contribution < -0.4 is 5.32 Å². The Bertz CT molecular complexity index is 1010. The molecule has 1 atom stereocenters. The quantitative estimate of drug-likeness (QED) is 0.567. The molecule has 1 aliphatic carbocycles. The number of nitrogens with one attached hydrogen (secondary N) is 1. The number of alkyl halides is 3. The second-order valence-electron chi connectivity index (χ2n) is 7.97. The van der Waals surface area contributed by atoms with Crippen LogP contribution in [0.3, 0.4) is 0 Å². The maximum atomic E-state index is 14.7. The molecule has 33 heavy (non-hydrogen) atoms. The third-order valence-corrected chi connectivity index (χ3v) is 6.51. The Hall–Kier alpha value is -2.26. The third kappa shape index (κ3) is 4.45. The molecule has 2 aliphatic rings. The van der Waals surface area contributed by atoms with Crippen molar-refractivity contribution >= 4 is 41.0 Å². The van der Waals surface area contributed by atoms with Crippen molar-refractivity contribution in [1.29, 1.82) is 0 Å². The molecule has 0 saturated heterocycles. The topological polar surface area (TPSA) is 75.7 Å². The third-order valence-electron chi connectivity index (χ3n) is 5.96. The number of rotatable bonds is 5. The summed E-state index contributed by atoms with van der Waals surface area (Å²) >= 11 is 11.8. The van der Waals surface area contributed by atoms with Gasteiger partial charge in [-0.1, -0.05) is 42.5 Å². The van der Waals surface area contributed by atoms with Gasteiger partial charge in [-0.25, -0.2) is 4.79 Å². The molecule has 0 spiro atoms. The molecule has 6 nitrogen and oxygen atoms in total. The summed E-state index contributed by atoms with van der Waals surface area (Å²) in [5.74, 6) is -4.02. The number of allylic oxidation sites excluding steroid dienone is 1. The van der Waals surface area contributed by atoms with Gasteiger partial charge in [-0.2, -0.15) is 13.2 Å². The molecule has 1 saturated carbocycles. The molecule has 0 unspecified atom stereocenters. The first-order valence-corrected chi connectivity index (χ1v) is 11.3. The molecular formula is C22H23Cl2F3N2O4. The van der Waals surface area contributed by atoms with E-state index in [1.54, 1.807) is 5.32 Å². The van der Waals surface area contributed by atoms with Crippen molar-refractivity contribution in [3.63, 3.8) is 0 Å². The molecule has 0 bridgehead atoms. The van der Waals surface area contributed by atoms with Gasteiger partial charge in [0.1, 0.15) is 5.57 Å². The highest BCUT2D eigenvalue weighted by molar-refractivity contribution is 6.36. The fourth-order valence-corrected chi connectivity index (χ4v) is 4.97. The second-order valence-corrected chi connectivity index (χ2v) is 8.82. The van der Waals surface area contributed by atoms with Crippen LogP contribution in [0.5, 0.6) is 0 Å². The van der Waals surface area contributed by atoms with Gasteiger partial charge in [0.15, 0.2) is 0 Å². The van der Waals surface area contributed by atoms with Crippen molar-refractivity contribution in [3.05, 3.63) is 45.1 Å². The zero-order valence-corrected chi connectivity index (χ0v) is 19.5. The van der Waals surface area contributed by atoms with Gasteiger partial charge in [0.2, 0.25) is 0 Å². The fraction of sp³-hybridized carbons (Fsp3) is 0.500. The fourth-order valence-electron chi connectivity index (χ4n) is 4.48. The lowest BCUT2D eigenvalue weighted by Crippen LogP contribution is -2.66. The molecule has 1 aromatic carbocycles. The monoisotopic (exact) mass is 506 g/mol. The minimum absolute atomic E-state index is 0.172. The molecule has 1 aliphatic heterocycles. The smallest absolute Gasteiger partial charge is 0.425 e. The van der Waals surface area contributed by atoms with E-state index in [2.05, 4.69) is 0 Å². The Labute approximate surface area is 199 Å².